The van der Waals surface area contributed by atoms with E-state index in [0.717, 1.165) is 18.4 Å². The van der Waals surface area contributed by atoms with Gasteiger partial charge in [0.15, 0.2) is 0 Å². The lowest BCUT2D eigenvalue weighted by Crippen LogP contribution is -2.25. The molecule has 132 valence electrons. The number of hydrogen-bond acceptors (Lipinski definition) is 3. The van der Waals surface area contributed by atoms with Crippen LogP contribution in [-0.4, -0.2) is 24.9 Å². The maximum atomic E-state index is 13.7. The third-order valence-electron chi connectivity index (χ3n) is 3.78. The summed E-state index contributed by atoms with van der Waals surface area (Å²) in [4.78, 5) is 24.4. The minimum absolute atomic E-state index is 0.0430. The molecule has 2 aromatic carbocycles. The van der Waals surface area contributed by atoms with Gasteiger partial charge < -0.3 is 16.4 Å². The molecule has 0 fully saturated rings. The van der Waals surface area contributed by atoms with Crippen LogP contribution < -0.4 is 16.4 Å². The first-order valence-electron chi connectivity index (χ1n) is 8.17. The van der Waals surface area contributed by atoms with Crippen LogP contribution in [0.15, 0.2) is 42.5 Å². The molecule has 25 heavy (non-hydrogen) atoms. The Morgan fingerprint density at radius 3 is 2.56 bits per heavy atom. The van der Waals surface area contributed by atoms with Gasteiger partial charge in [-0.3, -0.25) is 9.59 Å². The van der Waals surface area contributed by atoms with Crippen molar-refractivity contribution in [1.29, 1.82) is 0 Å². The second-order valence-electron chi connectivity index (χ2n) is 5.72. The summed E-state index contributed by atoms with van der Waals surface area (Å²) in [6, 6.07) is 10.8. The van der Waals surface area contributed by atoms with Gasteiger partial charge in [-0.25, -0.2) is 4.39 Å². The highest BCUT2D eigenvalue weighted by Gasteiger charge is 2.14. The third-order valence-corrected chi connectivity index (χ3v) is 3.78. The predicted octanol–water partition coefficient (Wildman–Crippen LogP) is 2.86. The van der Waals surface area contributed by atoms with Gasteiger partial charge in [-0.2, -0.15) is 0 Å². The highest BCUT2D eigenvalue weighted by atomic mass is 19.1. The van der Waals surface area contributed by atoms with Gasteiger partial charge in [0.05, 0.1) is 5.56 Å². The zero-order chi connectivity index (χ0) is 18.2. The molecule has 0 aliphatic heterocycles. The SMILES string of the molecule is Cc1ccc(C(=O)NCCCCN)cc1NC(=O)c1ccccc1F. The molecule has 0 saturated carbocycles. The van der Waals surface area contributed by atoms with E-state index < -0.39 is 11.7 Å². The molecule has 0 unspecified atom stereocenters. The first-order valence-corrected chi connectivity index (χ1v) is 8.17. The molecular weight excluding hydrogens is 321 g/mol. The highest BCUT2D eigenvalue weighted by molar-refractivity contribution is 6.05. The smallest absolute Gasteiger partial charge is 0.258 e. The average Bonchev–Trinajstić information content (AvgIpc) is 2.60. The second kappa shape index (κ2) is 8.94. The summed E-state index contributed by atoms with van der Waals surface area (Å²) in [5.41, 5.74) is 7.06. The van der Waals surface area contributed by atoms with E-state index in [2.05, 4.69) is 10.6 Å². The molecule has 0 aromatic heterocycles. The maximum Gasteiger partial charge on any atom is 0.258 e. The van der Waals surface area contributed by atoms with Gasteiger partial charge in [-0.05, 0) is 56.1 Å². The fraction of sp³-hybridized carbons (Fsp3) is 0.263. The van der Waals surface area contributed by atoms with Gasteiger partial charge in [-0.1, -0.05) is 18.2 Å². The predicted molar refractivity (Wildman–Crippen MR) is 96.2 cm³/mol. The van der Waals surface area contributed by atoms with Gasteiger partial charge >= 0.3 is 0 Å². The number of rotatable bonds is 7. The molecular formula is C19H22FN3O2. The zero-order valence-electron chi connectivity index (χ0n) is 14.1. The molecule has 2 amide bonds. The van der Waals surface area contributed by atoms with E-state index in [4.69, 9.17) is 5.73 Å². The Morgan fingerprint density at radius 1 is 1.08 bits per heavy atom. The number of carbonyl (C=O) groups is 2. The van der Waals surface area contributed by atoms with Crippen molar-refractivity contribution >= 4 is 17.5 Å². The minimum Gasteiger partial charge on any atom is -0.352 e. The molecule has 0 spiro atoms. The molecule has 2 aromatic rings. The van der Waals surface area contributed by atoms with E-state index in [1.165, 1.54) is 18.2 Å². The molecule has 0 aliphatic rings. The Hall–Kier alpha value is -2.73. The topological polar surface area (TPSA) is 84.2 Å². The fourth-order valence-corrected chi connectivity index (χ4v) is 2.31. The van der Waals surface area contributed by atoms with Crippen LogP contribution in [-0.2, 0) is 0 Å². The van der Waals surface area contributed by atoms with Gasteiger partial charge in [0, 0.05) is 17.8 Å². The molecule has 5 nitrogen and oxygen atoms in total. The number of aryl methyl sites for hydroxylation is 1. The highest BCUT2D eigenvalue weighted by Crippen LogP contribution is 2.19. The second-order valence-corrected chi connectivity index (χ2v) is 5.72. The van der Waals surface area contributed by atoms with Gasteiger partial charge in [0.25, 0.3) is 11.8 Å². The molecule has 0 aliphatic carbocycles. The van der Waals surface area contributed by atoms with Crippen molar-refractivity contribution < 1.29 is 14.0 Å². The Kier molecular flexibility index (Phi) is 6.65. The summed E-state index contributed by atoms with van der Waals surface area (Å²) in [7, 11) is 0. The molecule has 2 rings (SSSR count). The van der Waals surface area contributed by atoms with Crippen LogP contribution in [0.25, 0.3) is 0 Å². The summed E-state index contributed by atoms with van der Waals surface area (Å²) < 4.78 is 13.7. The number of amides is 2. The lowest BCUT2D eigenvalue weighted by Gasteiger charge is -2.11. The van der Waals surface area contributed by atoms with E-state index in [-0.39, 0.29) is 11.5 Å². The van der Waals surface area contributed by atoms with Crippen molar-refractivity contribution in [2.75, 3.05) is 18.4 Å². The van der Waals surface area contributed by atoms with Crippen LogP contribution in [0.3, 0.4) is 0 Å². The third kappa shape index (κ3) is 5.12. The summed E-state index contributed by atoms with van der Waals surface area (Å²) in [6.07, 6.45) is 1.66. The van der Waals surface area contributed by atoms with Gasteiger partial charge in [0.2, 0.25) is 0 Å². The summed E-state index contributed by atoms with van der Waals surface area (Å²) in [5, 5.41) is 5.47. The Labute approximate surface area is 146 Å². The molecule has 0 bridgehead atoms. The molecule has 0 atom stereocenters. The van der Waals surface area contributed by atoms with Crippen molar-refractivity contribution in [3.63, 3.8) is 0 Å². The number of nitrogens with two attached hydrogens (primary N) is 1. The standard InChI is InChI=1S/C19H22FN3O2/c1-13-8-9-14(18(24)22-11-5-4-10-21)12-17(13)23-19(25)15-6-2-3-7-16(15)20/h2-3,6-9,12H,4-5,10-11,21H2,1H3,(H,22,24)(H,23,25). The van der Waals surface area contributed by atoms with Gasteiger partial charge in [-0.15, -0.1) is 0 Å². The summed E-state index contributed by atoms with van der Waals surface area (Å²) in [6.45, 7) is 2.94. The number of unbranched alkanes of at least 4 members (excludes halogenated alkanes) is 1. The molecule has 6 heteroatoms. The van der Waals surface area contributed by atoms with Crippen molar-refractivity contribution in [3.8, 4) is 0 Å². The van der Waals surface area contributed by atoms with E-state index >= 15 is 0 Å². The number of benzene rings is 2. The number of carbonyl (C=O) groups excluding carboxylic acids is 2. The Bertz CT molecular complexity index is 762. The Morgan fingerprint density at radius 2 is 1.84 bits per heavy atom. The normalized spacial score (nSPS) is 10.4. The van der Waals surface area contributed by atoms with Gasteiger partial charge in [0.1, 0.15) is 5.82 Å². The first-order chi connectivity index (χ1) is 12.0. The van der Waals surface area contributed by atoms with Crippen molar-refractivity contribution in [1.82, 2.24) is 5.32 Å². The van der Waals surface area contributed by atoms with Crippen molar-refractivity contribution in [2.24, 2.45) is 5.73 Å². The lowest BCUT2D eigenvalue weighted by atomic mass is 10.1. The summed E-state index contributed by atoms with van der Waals surface area (Å²) in [5.74, 6) is -1.37. The number of hydrogen-bond donors (Lipinski definition) is 3. The number of nitrogens with one attached hydrogen (secondary N) is 2. The molecule has 4 N–H and O–H groups in total. The van der Waals surface area contributed by atoms with Crippen molar-refractivity contribution in [3.05, 3.63) is 65.0 Å². The zero-order valence-corrected chi connectivity index (χ0v) is 14.1. The number of halogens is 1. The van der Waals surface area contributed by atoms with Crippen LogP contribution in [0.4, 0.5) is 10.1 Å². The van der Waals surface area contributed by atoms with Crippen LogP contribution in [0, 0.1) is 12.7 Å². The quantitative estimate of drug-likeness (QED) is 0.676. The first kappa shape index (κ1) is 18.6. The maximum absolute atomic E-state index is 13.7. The molecule has 0 radical (unpaired) electrons. The minimum atomic E-state index is -0.591. The van der Waals surface area contributed by atoms with Crippen LogP contribution in [0.1, 0.15) is 39.1 Å². The van der Waals surface area contributed by atoms with E-state index in [9.17, 15) is 14.0 Å². The largest absolute Gasteiger partial charge is 0.352 e. The lowest BCUT2D eigenvalue weighted by molar-refractivity contribution is 0.0951. The fourth-order valence-electron chi connectivity index (χ4n) is 2.31. The van der Waals surface area contributed by atoms with E-state index in [1.807, 2.05) is 0 Å². The van der Waals surface area contributed by atoms with Crippen LogP contribution >= 0.6 is 0 Å². The average molecular weight is 343 g/mol. The molecule has 0 saturated heterocycles. The van der Waals surface area contributed by atoms with E-state index in [1.54, 1.807) is 31.2 Å². The summed E-state index contributed by atoms with van der Waals surface area (Å²) >= 11 is 0. The number of anilines is 1. The van der Waals surface area contributed by atoms with Crippen LogP contribution in [0.5, 0.6) is 0 Å². The Balaban J connectivity index is 2.09. The monoisotopic (exact) mass is 343 g/mol. The van der Waals surface area contributed by atoms with Crippen LogP contribution in [0.2, 0.25) is 0 Å². The molecule has 0 heterocycles. The van der Waals surface area contributed by atoms with Crippen molar-refractivity contribution in [2.45, 2.75) is 19.8 Å². The van der Waals surface area contributed by atoms with E-state index in [0.29, 0.717) is 24.3 Å².